The number of nitriles is 2. The lowest BCUT2D eigenvalue weighted by atomic mass is 9.80. The van der Waals surface area contributed by atoms with E-state index in [2.05, 4.69) is 59.9 Å². The summed E-state index contributed by atoms with van der Waals surface area (Å²) in [4.78, 5) is 21.0. The summed E-state index contributed by atoms with van der Waals surface area (Å²) >= 11 is 0. The summed E-state index contributed by atoms with van der Waals surface area (Å²) in [5.74, 6) is 1.92. The van der Waals surface area contributed by atoms with Crippen molar-refractivity contribution < 1.29 is 28.0 Å². The van der Waals surface area contributed by atoms with Crippen LogP contribution < -0.4 is 20.3 Å². The molecule has 1 fully saturated rings. The number of hydrogen-bond donors (Lipinski definition) is 2. The van der Waals surface area contributed by atoms with E-state index in [1.807, 2.05) is 92.7 Å². The Labute approximate surface area is 358 Å². The second-order valence-corrected chi connectivity index (χ2v) is 17.1. The number of methoxy groups -OCH3 is 2. The highest BCUT2D eigenvalue weighted by molar-refractivity contribution is 7.44. The van der Waals surface area contributed by atoms with Crippen LogP contribution in [0.2, 0.25) is 0 Å². The van der Waals surface area contributed by atoms with Gasteiger partial charge in [-0.05, 0) is 74.6 Å². The van der Waals surface area contributed by atoms with E-state index in [1.165, 1.54) is 4.68 Å². The van der Waals surface area contributed by atoms with Crippen molar-refractivity contribution in [3.63, 3.8) is 0 Å². The average Bonchev–Trinajstić information content (AvgIpc) is 3.84. The smallest absolute Gasteiger partial charge is 0.264 e. The Balaban J connectivity index is 1.47. The van der Waals surface area contributed by atoms with Crippen LogP contribution in [0.4, 0.5) is 5.95 Å². The van der Waals surface area contributed by atoms with E-state index in [-0.39, 0.29) is 66.7 Å². The van der Waals surface area contributed by atoms with Crippen LogP contribution >= 0.6 is 8.53 Å². The van der Waals surface area contributed by atoms with Crippen molar-refractivity contribution in [2.75, 3.05) is 39.3 Å². The van der Waals surface area contributed by atoms with Crippen LogP contribution in [0, 0.1) is 28.6 Å². The third-order valence-electron chi connectivity index (χ3n) is 10.3. The fourth-order valence-electron chi connectivity index (χ4n) is 7.51. The van der Waals surface area contributed by atoms with E-state index in [4.69, 9.17) is 33.0 Å². The molecule has 2 aromatic heterocycles. The first-order valence-corrected chi connectivity index (χ1v) is 21.6. The number of hydrogen-bond acceptors (Lipinski definition) is 13. The number of ether oxygens (including phenoxy) is 4. The Morgan fingerprint density at radius 2 is 1.54 bits per heavy atom. The first-order valence-electron chi connectivity index (χ1n) is 20.5. The molecule has 2 N–H and O–H groups in total. The molecule has 6 rings (SSSR count). The van der Waals surface area contributed by atoms with Crippen LogP contribution in [-0.4, -0.2) is 82.7 Å². The van der Waals surface area contributed by atoms with Gasteiger partial charge in [0.1, 0.15) is 34.7 Å². The normalized spacial score (nSPS) is 17.2. The van der Waals surface area contributed by atoms with E-state index in [0.717, 1.165) is 16.7 Å². The molecule has 1 aliphatic heterocycles. The number of rotatable bonds is 20. The zero-order chi connectivity index (χ0) is 43.7. The summed E-state index contributed by atoms with van der Waals surface area (Å²) in [5, 5.41) is 27.4. The molecule has 1 saturated heterocycles. The lowest BCUT2D eigenvalue weighted by Crippen LogP contribution is -2.39. The largest absolute Gasteiger partial charge is 0.497 e. The maximum absolute atomic E-state index is 13.5. The molecule has 61 heavy (non-hydrogen) atoms. The standard InChI is InChI=1S/C45H55N8O7P/c1-29(2)27-48-44-49-42-41(43(54)50-44)37(26-47)51-52(42)40-25-38(60-61(58-24-12-23-46)53(30(3)4)31(5)6)39(59-40)28-57-45(32-13-10-9-11-14-32,33-15-19-35(55-7)20-16-33)34-17-21-36(56-8)22-18-34/h9-11,13-22,29-31,38-40H,12,24-25,27-28H2,1-8H3,(H2,48,49,50,54)/t38-,39+,40+,61?/m0/s1. The number of nitrogens with one attached hydrogen (secondary N) is 2. The van der Waals surface area contributed by atoms with Crippen LogP contribution in [0.1, 0.15) is 83.0 Å². The Morgan fingerprint density at radius 1 is 0.934 bits per heavy atom. The molecule has 0 aliphatic carbocycles. The van der Waals surface area contributed by atoms with Gasteiger partial charge in [0.15, 0.2) is 17.6 Å². The lowest BCUT2D eigenvalue weighted by Gasteiger charge is -2.39. The van der Waals surface area contributed by atoms with Crippen molar-refractivity contribution in [3.05, 3.63) is 112 Å². The minimum absolute atomic E-state index is 0.0123. The van der Waals surface area contributed by atoms with Crippen LogP contribution in [0.25, 0.3) is 11.0 Å². The minimum Gasteiger partial charge on any atom is -0.497 e. The number of fused-ring (bicyclic) bond motifs is 1. The molecule has 16 heteroatoms. The van der Waals surface area contributed by atoms with Crippen LogP contribution in [0.3, 0.4) is 0 Å². The molecule has 1 aliphatic rings. The molecule has 0 bridgehead atoms. The molecule has 4 atom stereocenters. The highest BCUT2D eigenvalue weighted by Crippen LogP contribution is 2.51. The maximum atomic E-state index is 13.5. The highest BCUT2D eigenvalue weighted by atomic mass is 31.2. The van der Waals surface area contributed by atoms with Crippen molar-refractivity contribution >= 4 is 25.5 Å². The fraction of sp³-hybridized carbons (Fsp3) is 0.444. The van der Waals surface area contributed by atoms with Crippen LogP contribution in [-0.2, 0) is 24.1 Å². The fourth-order valence-corrected chi connectivity index (χ4v) is 9.27. The SMILES string of the molecule is COc1ccc(C(OC[C@H]2O[C@@H](n3nc(C#N)c4c(=O)[nH]c(NCC(C)C)nc43)C[C@@H]2OP(OCCC#N)N(C(C)C)C(C)C)(c2ccccc2)c2ccc(OC)cc2)cc1. The van der Waals surface area contributed by atoms with E-state index in [9.17, 15) is 15.3 Å². The Morgan fingerprint density at radius 3 is 2.08 bits per heavy atom. The number of H-pyrrole nitrogens is 1. The van der Waals surface area contributed by atoms with Crippen molar-refractivity contribution in [1.82, 2.24) is 24.4 Å². The first-order chi connectivity index (χ1) is 29.4. The lowest BCUT2D eigenvalue weighted by molar-refractivity contribution is -0.0931. The Bertz CT molecular complexity index is 2280. The van der Waals surface area contributed by atoms with Crippen molar-refractivity contribution in [2.24, 2.45) is 5.92 Å². The van der Waals surface area contributed by atoms with Gasteiger partial charge in [-0.1, -0.05) is 68.4 Å². The van der Waals surface area contributed by atoms with E-state index in [0.29, 0.717) is 18.0 Å². The predicted molar refractivity (Wildman–Crippen MR) is 233 cm³/mol. The molecule has 0 radical (unpaired) electrons. The molecule has 0 amide bonds. The molecular weight excluding hydrogens is 796 g/mol. The van der Waals surface area contributed by atoms with Gasteiger partial charge in [-0.15, -0.1) is 0 Å². The zero-order valence-corrected chi connectivity index (χ0v) is 36.9. The summed E-state index contributed by atoms with van der Waals surface area (Å²) in [6.45, 7) is 13.1. The highest BCUT2D eigenvalue weighted by Gasteiger charge is 2.45. The second-order valence-electron chi connectivity index (χ2n) is 15.7. The number of nitrogens with zero attached hydrogens (tertiary/aromatic N) is 6. The minimum atomic E-state index is -1.72. The summed E-state index contributed by atoms with van der Waals surface area (Å²) in [6, 6.07) is 29.8. The molecule has 5 aromatic rings. The Hall–Kier alpha value is -5.38. The summed E-state index contributed by atoms with van der Waals surface area (Å²) < 4.78 is 42.4. The third kappa shape index (κ3) is 10.1. The van der Waals surface area contributed by atoms with Gasteiger partial charge in [-0.3, -0.25) is 9.78 Å². The van der Waals surface area contributed by atoms with Gasteiger partial charge in [0.2, 0.25) is 5.95 Å². The molecule has 0 spiro atoms. The van der Waals surface area contributed by atoms with Crippen molar-refractivity contribution in [2.45, 2.75) is 90.5 Å². The molecular formula is C45H55N8O7P. The van der Waals surface area contributed by atoms with Crippen molar-refractivity contribution in [1.29, 1.82) is 10.5 Å². The number of anilines is 1. The maximum Gasteiger partial charge on any atom is 0.264 e. The number of aromatic amines is 1. The van der Waals surface area contributed by atoms with Gasteiger partial charge in [0, 0.05) is 25.0 Å². The van der Waals surface area contributed by atoms with Crippen molar-refractivity contribution in [3.8, 4) is 23.6 Å². The van der Waals surface area contributed by atoms with Gasteiger partial charge in [-0.2, -0.15) is 20.6 Å². The summed E-state index contributed by atoms with van der Waals surface area (Å²) in [6.07, 6.45) is -1.78. The van der Waals surface area contributed by atoms with Gasteiger partial charge in [0.25, 0.3) is 14.1 Å². The van der Waals surface area contributed by atoms with Crippen LogP contribution in [0.15, 0.2) is 83.7 Å². The summed E-state index contributed by atoms with van der Waals surface area (Å²) in [5.41, 5.74) is 1.01. The first kappa shape index (κ1) is 45.2. The van der Waals surface area contributed by atoms with Gasteiger partial charge >= 0.3 is 0 Å². The molecule has 15 nitrogen and oxygen atoms in total. The van der Waals surface area contributed by atoms with E-state index in [1.54, 1.807) is 14.2 Å². The second kappa shape index (κ2) is 20.5. The molecule has 0 saturated carbocycles. The van der Waals surface area contributed by atoms with E-state index < -0.39 is 38.1 Å². The zero-order valence-electron chi connectivity index (χ0n) is 36.0. The molecule has 3 aromatic carbocycles. The summed E-state index contributed by atoms with van der Waals surface area (Å²) in [7, 11) is 1.54. The topological polar surface area (TPSA) is 182 Å². The molecule has 1 unspecified atom stereocenters. The number of benzene rings is 3. The van der Waals surface area contributed by atoms with Gasteiger partial charge in [0.05, 0.1) is 46.0 Å². The molecule has 3 heterocycles. The van der Waals surface area contributed by atoms with E-state index >= 15 is 0 Å². The third-order valence-corrected chi connectivity index (χ3v) is 12.5. The van der Waals surface area contributed by atoms with Crippen LogP contribution in [0.5, 0.6) is 11.5 Å². The van der Waals surface area contributed by atoms with Gasteiger partial charge in [-0.25, -0.2) is 9.35 Å². The monoisotopic (exact) mass is 850 g/mol. The van der Waals surface area contributed by atoms with Gasteiger partial charge < -0.3 is 33.3 Å². The predicted octanol–water partition coefficient (Wildman–Crippen LogP) is 8.03. The average molecular weight is 851 g/mol. The number of aromatic nitrogens is 4. The quantitative estimate of drug-likeness (QED) is 0.0437. The Kier molecular flexibility index (Phi) is 15.1. The molecule has 322 valence electrons.